The molecule has 0 heterocycles. The summed E-state index contributed by atoms with van der Waals surface area (Å²) in [6, 6.07) is 15.8. The smallest absolute Gasteiger partial charge is 0.407 e. The van der Waals surface area contributed by atoms with Crippen LogP contribution in [0, 0.1) is 11.3 Å². The number of ether oxygens (including phenoxy) is 1. The van der Waals surface area contributed by atoms with Gasteiger partial charge in [0.15, 0.2) is 0 Å². The lowest BCUT2D eigenvalue weighted by molar-refractivity contribution is -0.137. The normalized spacial score (nSPS) is 14.4. The molecule has 0 aliphatic heterocycles. The van der Waals surface area contributed by atoms with Crippen LogP contribution in [0.5, 0.6) is 0 Å². The third-order valence-electron chi connectivity index (χ3n) is 6.33. The predicted octanol–water partition coefficient (Wildman–Crippen LogP) is 4.95. The van der Waals surface area contributed by atoms with E-state index in [9.17, 15) is 14.4 Å². The van der Waals surface area contributed by atoms with Gasteiger partial charge in [0, 0.05) is 18.5 Å². The van der Waals surface area contributed by atoms with Gasteiger partial charge in [-0.3, -0.25) is 9.59 Å². The monoisotopic (exact) mass is 480 g/mol. The number of carbonyl (C=O) groups is 3. The fourth-order valence-corrected chi connectivity index (χ4v) is 4.68. The van der Waals surface area contributed by atoms with Gasteiger partial charge in [-0.2, -0.15) is 0 Å². The summed E-state index contributed by atoms with van der Waals surface area (Å²) < 4.78 is 5.60. The fourth-order valence-electron chi connectivity index (χ4n) is 4.68. The predicted molar refractivity (Wildman–Crippen MR) is 135 cm³/mol. The number of benzene rings is 2. The minimum Gasteiger partial charge on any atom is -0.481 e. The topological polar surface area (TPSA) is 105 Å². The summed E-state index contributed by atoms with van der Waals surface area (Å²) in [5, 5.41) is 14.7. The van der Waals surface area contributed by atoms with E-state index in [1.54, 1.807) is 0 Å². The molecule has 0 aromatic heterocycles. The van der Waals surface area contributed by atoms with E-state index >= 15 is 0 Å². The molecule has 0 bridgehead atoms. The molecule has 0 spiro atoms. The molecule has 2 aromatic carbocycles. The molecule has 35 heavy (non-hydrogen) atoms. The van der Waals surface area contributed by atoms with Crippen LogP contribution in [-0.2, 0) is 14.3 Å². The molecule has 0 saturated heterocycles. The number of carbonyl (C=O) groups excluding carboxylic acids is 2. The summed E-state index contributed by atoms with van der Waals surface area (Å²) >= 11 is 0. The molecule has 7 nitrogen and oxygen atoms in total. The van der Waals surface area contributed by atoms with Crippen molar-refractivity contribution in [2.24, 2.45) is 11.3 Å². The molecule has 3 rings (SSSR count). The number of fused-ring (bicyclic) bond motifs is 3. The maximum atomic E-state index is 12.9. The average molecular weight is 481 g/mol. The molecular weight excluding hydrogens is 444 g/mol. The lowest BCUT2D eigenvalue weighted by atomic mass is 9.84. The first-order chi connectivity index (χ1) is 16.6. The van der Waals surface area contributed by atoms with E-state index in [1.165, 1.54) is 0 Å². The maximum Gasteiger partial charge on any atom is 0.407 e. The Kier molecular flexibility index (Phi) is 8.54. The van der Waals surface area contributed by atoms with Crippen LogP contribution in [-0.4, -0.2) is 42.3 Å². The van der Waals surface area contributed by atoms with E-state index in [-0.39, 0.29) is 36.8 Å². The van der Waals surface area contributed by atoms with E-state index < -0.39 is 24.0 Å². The highest BCUT2D eigenvalue weighted by Gasteiger charge is 2.30. The first-order valence-corrected chi connectivity index (χ1v) is 12.2. The number of carboxylic acid groups (broad SMARTS) is 1. The number of hydrogen-bond acceptors (Lipinski definition) is 4. The van der Waals surface area contributed by atoms with Crippen LogP contribution in [0.15, 0.2) is 48.5 Å². The van der Waals surface area contributed by atoms with Crippen molar-refractivity contribution in [3.05, 3.63) is 59.7 Å². The van der Waals surface area contributed by atoms with Crippen molar-refractivity contribution < 1.29 is 24.2 Å². The van der Waals surface area contributed by atoms with Gasteiger partial charge < -0.3 is 20.5 Å². The molecule has 2 atom stereocenters. The number of hydrogen-bond donors (Lipinski definition) is 3. The molecule has 3 N–H and O–H groups in total. The van der Waals surface area contributed by atoms with Crippen LogP contribution in [0.2, 0.25) is 0 Å². The summed E-state index contributed by atoms with van der Waals surface area (Å²) in [6.45, 7) is 8.22. The summed E-state index contributed by atoms with van der Waals surface area (Å²) in [6.07, 6.45) is 0.340. The largest absolute Gasteiger partial charge is 0.481 e. The van der Waals surface area contributed by atoms with Gasteiger partial charge >= 0.3 is 12.1 Å². The van der Waals surface area contributed by atoms with Gasteiger partial charge in [-0.25, -0.2) is 4.79 Å². The molecule has 2 aromatic rings. The van der Waals surface area contributed by atoms with E-state index in [1.807, 2.05) is 52.0 Å². The van der Waals surface area contributed by atoms with Crippen LogP contribution in [0.3, 0.4) is 0 Å². The van der Waals surface area contributed by atoms with Gasteiger partial charge in [-0.1, -0.05) is 76.2 Å². The number of nitrogens with one attached hydrogen (secondary N) is 2. The molecule has 188 valence electrons. The van der Waals surface area contributed by atoms with Crippen LogP contribution in [0.4, 0.5) is 4.79 Å². The number of rotatable bonds is 10. The minimum absolute atomic E-state index is 0.0387. The highest BCUT2D eigenvalue weighted by molar-refractivity contribution is 5.81. The van der Waals surface area contributed by atoms with Crippen molar-refractivity contribution in [2.75, 3.05) is 13.2 Å². The van der Waals surface area contributed by atoms with Crippen molar-refractivity contribution in [2.45, 2.75) is 58.9 Å². The molecule has 1 aliphatic rings. The first kappa shape index (κ1) is 26.3. The summed E-state index contributed by atoms with van der Waals surface area (Å²) in [4.78, 5) is 36.6. The van der Waals surface area contributed by atoms with Gasteiger partial charge in [-0.15, -0.1) is 0 Å². The number of aliphatic carboxylic acids is 1. The standard InChI is InChI=1S/C28H36N2O5/c1-5-19(14-25(31)32)30-26(33)18(15-28(2,3)4)16-29-27(34)35-17-24-22-12-8-6-10-20(22)21-11-7-9-13-23(21)24/h6-13,18-19,24H,5,14-17H2,1-4H3,(H,29,34)(H,30,33)(H,31,32). The van der Waals surface area contributed by atoms with Crippen molar-refractivity contribution in [1.82, 2.24) is 10.6 Å². The van der Waals surface area contributed by atoms with Crippen LogP contribution in [0.25, 0.3) is 11.1 Å². The number of carboxylic acids is 1. The summed E-state index contributed by atoms with van der Waals surface area (Å²) in [7, 11) is 0. The molecule has 1 aliphatic carbocycles. The number of amides is 2. The van der Waals surface area contributed by atoms with Gasteiger partial charge in [0.2, 0.25) is 5.91 Å². The Morgan fingerprint density at radius 1 is 1.00 bits per heavy atom. The second kappa shape index (κ2) is 11.4. The van der Waals surface area contributed by atoms with Crippen LogP contribution < -0.4 is 10.6 Å². The van der Waals surface area contributed by atoms with Gasteiger partial charge in [-0.05, 0) is 40.5 Å². The Hall–Kier alpha value is -3.35. The highest BCUT2D eigenvalue weighted by Crippen LogP contribution is 2.44. The Bertz CT molecular complexity index is 1010. The third-order valence-corrected chi connectivity index (χ3v) is 6.33. The van der Waals surface area contributed by atoms with Crippen molar-refractivity contribution in [3.63, 3.8) is 0 Å². The van der Waals surface area contributed by atoms with Gasteiger partial charge in [0.05, 0.1) is 12.3 Å². The lowest BCUT2D eigenvalue weighted by Gasteiger charge is -2.27. The highest BCUT2D eigenvalue weighted by atomic mass is 16.5. The van der Waals surface area contributed by atoms with E-state index in [0.717, 1.165) is 22.3 Å². The van der Waals surface area contributed by atoms with E-state index in [4.69, 9.17) is 9.84 Å². The molecule has 0 saturated carbocycles. The van der Waals surface area contributed by atoms with E-state index in [2.05, 4.69) is 34.9 Å². The molecule has 2 amide bonds. The van der Waals surface area contributed by atoms with Gasteiger partial charge in [0.25, 0.3) is 0 Å². The van der Waals surface area contributed by atoms with Crippen LogP contribution >= 0.6 is 0 Å². The van der Waals surface area contributed by atoms with Gasteiger partial charge in [0.1, 0.15) is 6.61 Å². The first-order valence-electron chi connectivity index (χ1n) is 12.2. The Labute approximate surface area is 207 Å². The molecule has 2 unspecified atom stereocenters. The average Bonchev–Trinajstić information content (AvgIpc) is 3.12. The quantitative estimate of drug-likeness (QED) is 0.446. The van der Waals surface area contributed by atoms with E-state index in [0.29, 0.717) is 12.8 Å². The molecule has 0 radical (unpaired) electrons. The minimum atomic E-state index is -0.957. The third kappa shape index (κ3) is 7.07. The second-order valence-corrected chi connectivity index (χ2v) is 10.4. The van der Waals surface area contributed by atoms with Crippen molar-refractivity contribution in [3.8, 4) is 11.1 Å². The Morgan fingerprint density at radius 3 is 2.09 bits per heavy atom. The summed E-state index contributed by atoms with van der Waals surface area (Å²) in [5.74, 6) is -1.75. The number of alkyl carbamates (subject to hydrolysis) is 1. The maximum absolute atomic E-state index is 12.9. The van der Waals surface area contributed by atoms with Crippen molar-refractivity contribution in [1.29, 1.82) is 0 Å². The zero-order chi connectivity index (χ0) is 25.6. The van der Waals surface area contributed by atoms with Crippen molar-refractivity contribution >= 4 is 18.0 Å². The zero-order valence-electron chi connectivity index (χ0n) is 21.0. The molecular formula is C28H36N2O5. The molecule has 7 heteroatoms. The summed E-state index contributed by atoms with van der Waals surface area (Å²) in [5.41, 5.74) is 4.43. The Balaban J connectivity index is 1.61. The second-order valence-electron chi connectivity index (χ2n) is 10.4. The van der Waals surface area contributed by atoms with Crippen LogP contribution in [0.1, 0.15) is 64.0 Å². The Morgan fingerprint density at radius 2 is 1.57 bits per heavy atom. The lowest BCUT2D eigenvalue weighted by Crippen LogP contribution is -2.45. The zero-order valence-corrected chi connectivity index (χ0v) is 21.0. The SMILES string of the molecule is CCC(CC(=O)O)NC(=O)C(CNC(=O)OCC1c2ccccc2-c2ccccc21)CC(C)(C)C. The fraction of sp³-hybridized carbons (Fsp3) is 0.464. The molecule has 0 fully saturated rings.